The van der Waals surface area contributed by atoms with Crippen molar-refractivity contribution in [3.05, 3.63) is 76.3 Å². The topological polar surface area (TPSA) is 87.2 Å². The van der Waals surface area contributed by atoms with Crippen LogP contribution in [0.1, 0.15) is 17.0 Å². The van der Waals surface area contributed by atoms with Gasteiger partial charge in [-0.2, -0.15) is 14.7 Å². The van der Waals surface area contributed by atoms with E-state index in [1.54, 1.807) is 4.68 Å². The highest BCUT2D eigenvalue weighted by Gasteiger charge is 2.28. The second-order valence-corrected chi connectivity index (χ2v) is 10.0. The summed E-state index contributed by atoms with van der Waals surface area (Å²) in [5.41, 5.74) is 1.60. The molecule has 166 valence electrons. The van der Waals surface area contributed by atoms with Crippen molar-refractivity contribution >= 4 is 22.2 Å². The molecule has 3 aromatic rings. The van der Waals surface area contributed by atoms with E-state index in [9.17, 15) is 8.42 Å². The highest BCUT2D eigenvalue weighted by atomic mass is 32.2. The first-order chi connectivity index (χ1) is 15.4. The molecule has 10 heteroatoms. The van der Waals surface area contributed by atoms with Gasteiger partial charge in [-0.25, -0.2) is 13.1 Å². The van der Waals surface area contributed by atoms with Gasteiger partial charge in [0.25, 0.3) is 0 Å². The van der Waals surface area contributed by atoms with Crippen LogP contribution in [0.5, 0.6) is 0 Å². The Morgan fingerprint density at radius 2 is 1.69 bits per heavy atom. The maximum atomic E-state index is 12.9. The van der Waals surface area contributed by atoms with Gasteiger partial charge in [0.15, 0.2) is 4.77 Å². The summed E-state index contributed by atoms with van der Waals surface area (Å²) in [6.45, 7) is 5.08. The molecule has 0 unspecified atom stereocenters. The minimum Gasteiger partial charge on any atom is -0.300 e. The highest BCUT2D eigenvalue weighted by Crippen LogP contribution is 2.18. The maximum absolute atomic E-state index is 12.9. The van der Waals surface area contributed by atoms with Crippen molar-refractivity contribution in [2.45, 2.75) is 25.0 Å². The molecule has 8 nitrogen and oxygen atoms in total. The molecule has 32 heavy (non-hydrogen) atoms. The second-order valence-electron chi connectivity index (χ2n) is 7.70. The average Bonchev–Trinajstić information content (AvgIpc) is 3.07. The third-order valence-electron chi connectivity index (χ3n) is 5.58. The first-order valence-electron chi connectivity index (χ1n) is 10.3. The van der Waals surface area contributed by atoms with Crippen LogP contribution in [0.4, 0.5) is 0 Å². The monoisotopic (exact) mass is 468 g/mol. The SMILES string of the molecule is Cc1nn(CN2CCN(S(=O)(=O)c3ccc(C#N)cc3)CC2)c(=S)n1Cc1ccccc1. The Morgan fingerprint density at radius 1 is 1.03 bits per heavy atom. The van der Waals surface area contributed by atoms with Gasteiger partial charge >= 0.3 is 0 Å². The number of aryl methyl sites for hydroxylation is 1. The zero-order valence-electron chi connectivity index (χ0n) is 17.8. The summed E-state index contributed by atoms with van der Waals surface area (Å²) in [7, 11) is -3.58. The zero-order valence-corrected chi connectivity index (χ0v) is 19.4. The molecule has 2 heterocycles. The Labute approximate surface area is 193 Å². The van der Waals surface area contributed by atoms with Crippen LogP contribution in [0.2, 0.25) is 0 Å². The number of benzene rings is 2. The van der Waals surface area contributed by atoms with Crippen LogP contribution in [-0.4, -0.2) is 58.1 Å². The maximum Gasteiger partial charge on any atom is 0.243 e. The summed E-state index contributed by atoms with van der Waals surface area (Å²) in [5, 5.41) is 13.5. The Bertz CT molecular complexity index is 1280. The minimum atomic E-state index is -3.58. The summed E-state index contributed by atoms with van der Waals surface area (Å²) < 4.78 is 31.8. The fraction of sp³-hybridized carbons (Fsp3) is 0.318. The van der Waals surface area contributed by atoms with Gasteiger partial charge in [-0.05, 0) is 49.0 Å². The molecule has 0 bridgehead atoms. The van der Waals surface area contributed by atoms with E-state index in [-0.39, 0.29) is 4.90 Å². The van der Waals surface area contributed by atoms with Gasteiger partial charge in [0.05, 0.1) is 29.7 Å². The van der Waals surface area contributed by atoms with Crippen LogP contribution in [0.3, 0.4) is 0 Å². The van der Waals surface area contributed by atoms with Gasteiger partial charge in [0.2, 0.25) is 10.0 Å². The number of nitriles is 1. The molecular formula is C22H24N6O2S2. The van der Waals surface area contributed by atoms with Crippen molar-refractivity contribution in [3.63, 3.8) is 0 Å². The van der Waals surface area contributed by atoms with Gasteiger partial charge in [-0.15, -0.1) is 0 Å². The van der Waals surface area contributed by atoms with Crippen molar-refractivity contribution in [1.29, 1.82) is 5.26 Å². The molecule has 0 N–H and O–H groups in total. The van der Waals surface area contributed by atoms with Crippen LogP contribution < -0.4 is 0 Å². The van der Waals surface area contributed by atoms with Gasteiger partial charge in [-0.1, -0.05) is 30.3 Å². The molecule has 0 spiro atoms. The van der Waals surface area contributed by atoms with E-state index in [0.29, 0.717) is 49.7 Å². The molecule has 2 aromatic carbocycles. The van der Waals surface area contributed by atoms with Crippen molar-refractivity contribution in [3.8, 4) is 6.07 Å². The van der Waals surface area contributed by atoms with Crippen LogP contribution >= 0.6 is 12.2 Å². The fourth-order valence-corrected chi connectivity index (χ4v) is 5.46. The van der Waals surface area contributed by atoms with Crippen LogP contribution in [0.15, 0.2) is 59.5 Å². The van der Waals surface area contributed by atoms with Crippen molar-refractivity contribution in [2.24, 2.45) is 0 Å². The Hall–Kier alpha value is -2.84. The minimum absolute atomic E-state index is 0.211. The molecule has 1 aliphatic rings. The molecule has 1 aliphatic heterocycles. The molecule has 1 aromatic heterocycles. The third kappa shape index (κ3) is 4.66. The number of piperazine rings is 1. The molecule has 0 radical (unpaired) electrons. The summed E-state index contributed by atoms with van der Waals surface area (Å²) in [6, 6.07) is 18.2. The van der Waals surface area contributed by atoms with Gasteiger partial charge < -0.3 is 0 Å². The number of hydrogen-bond acceptors (Lipinski definition) is 6. The molecule has 1 fully saturated rings. The van der Waals surface area contributed by atoms with Crippen molar-refractivity contribution in [2.75, 3.05) is 26.2 Å². The third-order valence-corrected chi connectivity index (χ3v) is 7.92. The fourth-order valence-electron chi connectivity index (χ4n) is 3.74. The summed E-state index contributed by atoms with van der Waals surface area (Å²) in [4.78, 5) is 2.36. The quantitative estimate of drug-likeness (QED) is 0.517. The molecule has 0 amide bonds. The van der Waals surface area contributed by atoms with Gasteiger partial charge in [0, 0.05) is 26.2 Å². The molecule has 4 rings (SSSR count). The Kier molecular flexibility index (Phi) is 6.53. The van der Waals surface area contributed by atoms with Gasteiger partial charge in [-0.3, -0.25) is 9.47 Å². The van der Waals surface area contributed by atoms with Crippen LogP contribution in [-0.2, 0) is 23.2 Å². The zero-order chi connectivity index (χ0) is 22.7. The number of aromatic nitrogens is 3. The summed E-state index contributed by atoms with van der Waals surface area (Å²) in [5.74, 6) is 0.848. The number of hydrogen-bond donors (Lipinski definition) is 0. The van der Waals surface area contributed by atoms with E-state index in [2.05, 4.69) is 22.1 Å². The van der Waals surface area contributed by atoms with Gasteiger partial charge in [0.1, 0.15) is 5.82 Å². The average molecular weight is 469 g/mol. The van der Waals surface area contributed by atoms with E-state index in [1.165, 1.54) is 28.6 Å². The Balaban J connectivity index is 1.40. The normalized spacial score (nSPS) is 15.5. The van der Waals surface area contributed by atoms with Crippen LogP contribution in [0.25, 0.3) is 0 Å². The number of rotatable bonds is 6. The molecule has 0 saturated carbocycles. The molecular weight excluding hydrogens is 444 g/mol. The lowest BCUT2D eigenvalue weighted by molar-refractivity contribution is 0.144. The first kappa shape index (κ1) is 22.4. The number of nitrogens with zero attached hydrogens (tertiary/aromatic N) is 6. The molecule has 0 atom stereocenters. The smallest absolute Gasteiger partial charge is 0.243 e. The highest BCUT2D eigenvalue weighted by molar-refractivity contribution is 7.89. The predicted molar refractivity (Wildman–Crippen MR) is 123 cm³/mol. The Morgan fingerprint density at radius 3 is 2.31 bits per heavy atom. The first-order valence-corrected chi connectivity index (χ1v) is 12.1. The summed E-state index contributed by atoms with van der Waals surface area (Å²) in [6.07, 6.45) is 0. The van der Waals surface area contributed by atoms with E-state index in [4.69, 9.17) is 17.5 Å². The van der Waals surface area contributed by atoms with E-state index in [1.807, 2.05) is 35.8 Å². The van der Waals surface area contributed by atoms with E-state index < -0.39 is 10.0 Å². The molecule has 1 saturated heterocycles. The second kappa shape index (κ2) is 9.34. The van der Waals surface area contributed by atoms with Crippen LogP contribution in [0, 0.1) is 23.0 Å². The lowest BCUT2D eigenvalue weighted by Crippen LogP contribution is -2.48. The standard InChI is InChI=1S/C22H24N6O2S2/c1-18-24-28(22(31)27(18)16-20-5-3-2-4-6-20)17-25-11-13-26(14-12-25)32(29,30)21-9-7-19(15-23)8-10-21/h2-10H,11-14,16-17H2,1H3. The predicted octanol–water partition coefficient (Wildman–Crippen LogP) is 2.61. The number of sulfonamides is 1. The summed E-state index contributed by atoms with van der Waals surface area (Å²) >= 11 is 5.65. The lowest BCUT2D eigenvalue weighted by Gasteiger charge is -2.33. The van der Waals surface area contributed by atoms with E-state index >= 15 is 0 Å². The molecule has 0 aliphatic carbocycles. The largest absolute Gasteiger partial charge is 0.300 e. The van der Waals surface area contributed by atoms with E-state index in [0.717, 1.165) is 11.4 Å². The van der Waals surface area contributed by atoms with Crippen molar-refractivity contribution in [1.82, 2.24) is 23.6 Å². The van der Waals surface area contributed by atoms with Crippen molar-refractivity contribution < 1.29 is 8.42 Å². The lowest BCUT2D eigenvalue weighted by atomic mass is 10.2.